The van der Waals surface area contributed by atoms with Crippen LogP contribution in [0.5, 0.6) is 0 Å². The Hall–Kier alpha value is 1.44. The summed E-state index contributed by atoms with van der Waals surface area (Å²) in [5.41, 5.74) is 0. The fourth-order valence-electron chi connectivity index (χ4n) is 0. The van der Waals surface area contributed by atoms with E-state index in [2.05, 4.69) is 0 Å². The van der Waals surface area contributed by atoms with E-state index < -0.39 is 15.6 Å². The summed E-state index contributed by atoms with van der Waals surface area (Å²) in [4.78, 5) is 43.1. The molecule has 0 aliphatic rings. The molecule has 0 rings (SSSR count). The third-order valence-corrected chi connectivity index (χ3v) is 0. The molecule has 0 radical (unpaired) electrons. The molecule has 0 amide bonds. The molecule has 0 aromatic heterocycles. The van der Waals surface area contributed by atoms with E-state index in [9.17, 15) is 0 Å². The van der Waals surface area contributed by atoms with Gasteiger partial charge in [-0.05, 0) is 0 Å². The normalized spacial score (nSPS) is 9.83. The molecule has 0 spiro atoms. The fourth-order valence-corrected chi connectivity index (χ4v) is 0. The van der Waals surface area contributed by atoms with Gasteiger partial charge in [0.15, 0.2) is 0 Å². The summed E-state index contributed by atoms with van der Waals surface area (Å²) >= 11 is 0. The van der Waals surface area contributed by atoms with Gasteiger partial charge >= 0.3 is 53.4 Å². The van der Waals surface area contributed by atoms with Crippen LogP contribution in [0.1, 0.15) is 0 Å². The molecule has 0 fully saturated rings. The molecule has 0 heterocycles. The second-order valence-corrected chi connectivity index (χ2v) is 3.08. The number of phosphoric acid groups is 2. The zero-order valence-corrected chi connectivity index (χ0v) is 6.89. The van der Waals surface area contributed by atoms with Gasteiger partial charge in [0, 0.05) is 0 Å². The molecule has 12 heavy (non-hydrogen) atoms. The molecule has 0 unspecified atom stereocenters. The summed E-state index contributed by atoms with van der Waals surface area (Å²) < 4.78 is 17.8. The van der Waals surface area contributed by atoms with Crippen molar-refractivity contribution in [1.29, 1.82) is 0 Å². The van der Waals surface area contributed by atoms with Crippen LogP contribution in [-0.4, -0.2) is 67.1 Å². The van der Waals surface area contributed by atoms with E-state index in [1.54, 1.807) is 0 Å². The molecule has 0 bridgehead atoms. The molecule has 9 nitrogen and oxygen atoms in total. The Balaban J connectivity index is -0.0000000457. The summed E-state index contributed by atoms with van der Waals surface area (Å²) in [6, 6.07) is 0. The maximum atomic E-state index is 8.88. The molecule has 12 heteroatoms. The van der Waals surface area contributed by atoms with Gasteiger partial charge in [-0.1, -0.05) is 0 Å². The van der Waals surface area contributed by atoms with Crippen LogP contribution < -0.4 is 6.15 Å². The topological polar surface area (TPSA) is 191 Å². The van der Waals surface area contributed by atoms with Crippen molar-refractivity contribution in [2.75, 3.05) is 0 Å². The van der Waals surface area contributed by atoms with Crippen molar-refractivity contribution in [2.24, 2.45) is 0 Å². The summed E-state index contributed by atoms with van der Waals surface area (Å²) in [5.74, 6) is 0. The summed E-state index contributed by atoms with van der Waals surface area (Å²) in [7, 11) is -9.28. The van der Waals surface area contributed by atoms with Gasteiger partial charge in [0.2, 0.25) is 0 Å². The van der Waals surface area contributed by atoms with E-state index in [-0.39, 0.29) is 43.9 Å². The fraction of sp³-hybridized carbons (Fsp3) is 0. The molecule has 0 aromatic rings. The zero-order valence-electron chi connectivity index (χ0n) is 5.10. The average molecular weight is 255 g/mol. The first-order valence-corrected chi connectivity index (χ1v) is 4.70. The molecule has 76 valence electrons. The van der Waals surface area contributed by atoms with Crippen LogP contribution in [0.25, 0.3) is 0 Å². The molecular formula is H11CaNO8P2. The van der Waals surface area contributed by atoms with Crippen molar-refractivity contribution in [3.05, 3.63) is 0 Å². The van der Waals surface area contributed by atoms with Crippen molar-refractivity contribution >= 4 is 53.4 Å². The average Bonchev–Trinajstić information content (AvgIpc) is 1.12. The van der Waals surface area contributed by atoms with Crippen LogP contribution in [-0.2, 0) is 9.13 Å². The van der Waals surface area contributed by atoms with Crippen LogP contribution in [0.15, 0.2) is 0 Å². The van der Waals surface area contributed by atoms with Crippen LogP contribution in [0.4, 0.5) is 0 Å². The zero-order chi connectivity index (χ0) is 9.00. The molecule has 0 aliphatic heterocycles. The molecule has 0 aliphatic carbocycles. The first-order valence-electron chi connectivity index (χ1n) is 1.57. The number of hydrogen-bond donors (Lipinski definition) is 7. The van der Waals surface area contributed by atoms with Gasteiger partial charge in [0.25, 0.3) is 0 Å². The van der Waals surface area contributed by atoms with E-state index in [1.807, 2.05) is 0 Å². The van der Waals surface area contributed by atoms with Crippen LogP contribution in [0.2, 0.25) is 0 Å². The predicted molar refractivity (Wildman–Crippen MR) is 42.1 cm³/mol. The van der Waals surface area contributed by atoms with E-state index in [0.29, 0.717) is 0 Å². The van der Waals surface area contributed by atoms with Gasteiger partial charge in [0.1, 0.15) is 0 Å². The van der Waals surface area contributed by atoms with Gasteiger partial charge in [-0.15, -0.1) is 0 Å². The Bertz CT molecular complexity index is 129. The monoisotopic (exact) mass is 255 g/mol. The quantitative estimate of drug-likeness (QED) is 0.179. The summed E-state index contributed by atoms with van der Waals surface area (Å²) in [5, 5.41) is 0. The number of hydrogen-bond acceptors (Lipinski definition) is 3. The molecule has 9 N–H and O–H groups in total. The SMILES string of the molecule is N.O=P(O)(O)O.O=P(O)(O)O.[CaH2]. The Kier molecular flexibility index (Phi) is 17.5. The Labute approximate surface area is 97.5 Å². The van der Waals surface area contributed by atoms with Gasteiger partial charge in [-0.2, -0.15) is 0 Å². The Morgan fingerprint density at radius 2 is 0.667 bits per heavy atom. The Morgan fingerprint density at radius 3 is 0.667 bits per heavy atom. The molecule has 0 aromatic carbocycles. The minimum atomic E-state index is -4.64. The number of rotatable bonds is 0. The van der Waals surface area contributed by atoms with Gasteiger partial charge in [0.05, 0.1) is 0 Å². The van der Waals surface area contributed by atoms with Crippen molar-refractivity contribution < 1.29 is 38.5 Å². The molecule has 0 saturated carbocycles. The van der Waals surface area contributed by atoms with Gasteiger partial charge in [-0.3, -0.25) is 0 Å². The van der Waals surface area contributed by atoms with Crippen molar-refractivity contribution in [3.63, 3.8) is 0 Å². The van der Waals surface area contributed by atoms with E-state index in [4.69, 9.17) is 38.5 Å². The first-order chi connectivity index (χ1) is 4.00. The van der Waals surface area contributed by atoms with Crippen molar-refractivity contribution in [3.8, 4) is 0 Å². The molecular weight excluding hydrogens is 244 g/mol. The Morgan fingerprint density at radius 1 is 0.667 bits per heavy atom. The van der Waals surface area contributed by atoms with Crippen LogP contribution in [0.3, 0.4) is 0 Å². The van der Waals surface area contributed by atoms with E-state index >= 15 is 0 Å². The van der Waals surface area contributed by atoms with Gasteiger partial charge in [-0.25, -0.2) is 9.13 Å². The maximum absolute atomic E-state index is 8.88. The first kappa shape index (κ1) is 23.3. The third-order valence-electron chi connectivity index (χ3n) is 0. The van der Waals surface area contributed by atoms with Crippen LogP contribution >= 0.6 is 15.6 Å². The van der Waals surface area contributed by atoms with Crippen molar-refractivity contribution in [1.82, 2.24) is 6.15 Å². The van der Waals surface area contributed by atoms with E-state index in [1.165, 1.54) is 0 Å². The van der Waals surface area contributed by atoms with Gasteiger partial charge < -0.3 is 35.5 Å². The second kappa shape index (κ2) is 9.01. The van der Waals surface area contributed by atoms with E-state index in [0.717, 1.165) is 0 Å². The summed E-state index contributed by atoms with van der Waals surface area (Å²) in [6.07, 6.45) is 0. The standard InChI is InChI=1S/Ca.H3N.2H3O4P.2H/c;;2*1-5(2,3)4;;/h;1H3;2*(H3,1,2,3,4);;. The molecule has 0 saturated heterocycles. The minimum absolute atomic E-state index is 0. The molecule has 0 atom stereocenters. The second-order valence-electron chi connectivity index (χ2n) is 1.03. The summed E-state index contributed by atoms with van der Waals surface area (Å²) in [6.45, 7) is 0. The van der Waals surface area contributed by atoms with Crippen LogP contribution in [0, 0.1) is 0 Å². The van der Waals surface area contributed by atoms with Crippen molar-refractivity contribution in [2.45, 2.75) is 0 Å². The predicted octanol–water partition coefficient (Wildman–Crippen LogP) is -2.61. The third kappa shape index (κ3) is 601.